The highest BCUT2D eigenvalue weighted by molar-refractivity contribution is 5.48. The molecule has 2 unspecified atom stereocenters. The lowest BCUT2D eigenvalue weighted by atomic mass is 9.51. The van der Waals surface area contributed by atoms with Crippen molar-refractivity contribution in [2.24, 2.45) is 11.8 Å². The minimum absolute atomic E-state index is 0.208. The predicted octanol–water partition coefficient (Wildman–Crippen LogP) is 3.37. The second-order valence-corrected chi connectivity index (χ2v) is 7.66. The van der Waals surface area contributed by atoms with Crippen LogP contribution in [0.15, 0.2) is 36.4 Å². The Hall–Kier alpha value is -1.12. The van der Waals surface area contributed by atoms with Gasteiger partial charge in [-0.2, -0.15) is 0 Å². The molecular weight excluding hydrogens is 258 g/mol. The highest BCUT2D eigenvalue weighted by atomic mass is 16.3. The van der Waals surface area contributed by atoms with Gasteiger partial charge in [0.15, 0.2) is 0 Å². The molecule has 2 nitrogen and oxygen atoms in total. The number of nitrogens with one attached hydrogen (secondary N) is 1. The van der Waals surface area contributed by atoms with Crippen molar-refractivity contribution in [1.82, 2.24) is 5.32 Å². The Balaban J connectivity index is 1.40. The molecule has 21 heavy (non-hydrogen) atoms. The van der Waals surface area contributed by atoms with Gasteiger partial charge in [-0.3, -0.25) is 0 Å². The number of hydrogen-bond acceptors (Lipinski definition) is 2. The monoisotopic (exact) mass is 283 g/mol. The smallest absolute Gasteiger partial charge is 0.0670 e. The summed E-state index contributed by atoms with van der Waals surface area (Å²) in [5, 5.41) is 14.5. The average Bonchev–Trinajstić information content (AvgIpc) is 2.42. The molecule has 112 valence electrons. The molecule has 1 aromatic carbocycles. The van der Waals surface area contributed by atoms with Crippen molar-refractivity contribution in [3.05, 3.63) is 42.0 Å². The predicted molar refractivity (Wildman–Crippen MR) is 85.8 cm³/mol. The molecule has 1 aromatic rings. The molecule has 4 aliphatic rings. The van der Waals surface area contributed by atoms with Gasteiger partial charge in [-0.05, 0) is 55.9 Å². The second kappa shape index (κ2) is 4.96. The first-order valence-electron chi connectivity index (χ1n) is 8.34. The van der Waals surface area contributed by atoms with E-state index < -0.39 is 0 Å². The standard InChI is InChI=1S/C19H25NO/c21-19-12-16-9-17(13-19)11-18(10-16,14-19)20-8-4-7-15-5-2-1-3-6-15/h1-7,16-17,20-21H,8-14H2/b7-4+. The van der Waals surface area contributed by atoms with Gasteiger partial charge >= 0.3 is 0 Å². The first kappa shape index (κ1) is 13.5. The number of hydrogen-bond donors (Lipinski definition) is 2. The Morgan fingerprint density at radius 1 is 1.10 bits per heavy atom. The molecule has 0 heterocycles. The van der Waals surface area contributed by atoms with Crippen molar-refractivity contribution < 1.29 is 5.11 Å². The zero-order valence-electron chi connectivity index (χ0n) is 12.6. The summed E-state index contributed by atoms with van der Waals surface area (Å²) in [6.45, 7) is 0.907. The molecule has 4 aliphatic carbocycles. The number of benzene rings is 1. The van der Waals surface area contributed by atoms with Crippen LogP contribution in [0.4, 0.5) is 0 Å². The van der Waals surface area contributed by atoms with Crippen LogP contribution in [-0.2, 0) is 0 Å². The second-order valence-electron chi connectivity index (χ2n) is 7.66. The third-order valence-corrected chi connectivity index (χ3v) is 5.73. The fourth-order valence-corrected chi connectivity index (χ4v) is 5.46. The summed E-state index contributed by atoms with van der Waals surface area (Å²) >= 11 is 0. The van der Waals surface area contributed by atoms with Crippen molar-refractivity contribution in [2.75, 3.05) is 6.54 Å². The van der Waals surface area contributed by atoms with Gasteiger partial charge in [0, 0.05) is 12.1 Å². The Bertz CT molecular complexity index is 522. The van der Waals surface area contributed by atoms with E-state index in [9.17, 15) is 5.11 Å². The molecule has 2 atom stereocenters. The molecule has 4 fully saturated rings. The molecule has 4 saturated carbocycles. The summed E-state index contributed by atoms with van der Waals surface area (Å²) in [4.78, 5) is 0. The summed E-state index contributed by atoms with van der Waals surface area (Å²) in [6.07, 6.45) is 11.4. The highest BCUT2D eigenvalue weighted by Crippen LogP contribution is 2.57. The zero-order chi connectivity index (χ0) is 14.3. The van der Waals surface area contributed by atoms with Crippen molar-refractivity contribution in [3.63, 3.8) is 0 Å². The van der Waals surface area contributed by atoms with Gasteiger partial charge in [0.2, 0.25) is 0 Å². The van der Waals surface area contributed by atoms with Crippen molar-refractivity contribution >= 4 is 6.08 Å². The van der Waals surface area contributed by atoms with E-state index in [0.717, 1.165) is 37.6 Å². The van der Waals surface area contributed by atoms with Gasteiger partial charge in [-0.25, -0.2) is 0 Å². The van der Waals surface area contributed by atoms with Crippen molar-refractivity contribution in [3.8, 4) is 0 Å². The topological polar surface area (TPSA) is 32.3 Å². The molecule has 2 heteroatoms. The third-order valence-electron chi connectivity index (χ3n) is 5.73. The van der Waals surface area contributed by atoms with E-state index in [2.05, 4.69) is 41.7 Å². The third kappa shape index (κ3) is 2.67. The van der Waals surface area contributed by atoms with Gasteiger partial charge in [0.25, 0.3) is 0 Å². The summed E-state index contributed by atoms with van der Waals surface area (Å²) < 4.78 is 0. The Kier molecular flexibility index (Phi) is 3.20. The van der Waals surface area contributed by atoms with Gasteiger partial charge < -0.3 is 10.4 Å². The lowest BCUT2D eigenvalue weighted by Crippen LogP contribution is -2.64. The quantitative estimate of drug-likeness (QED) is 0.888. The van der Waals surface area contributed by atoms with E-state index in [4.69, 9.17) is 0 Å². The number of aliphatic hydroxyl groups is 1. The van der Waals surface area contributed by atoms with Crippen molar-refractivity contribution in [2.45, 2.75) is 49.7 Å². The van der Waals surface area contributed by atoms with Gasteiger partial charge in [-0.15, -0.1) is 0 Å². The van der Waals surface area contributed by atoms with Crippen molar-refractivity contribution in [1.29, 1.82) is 0 Å². The largest absolute Gasteiger partial charge is 0.390 e. The van der Waals surface area contributed by atoms with Gasteiger partial charge in [0.1, 0.15) is 0 Å². The Morgan fingerprint density at radius 2 is 1.81 bits per heavy atom. The maximum atomic E-state index is 10.7. The SMILES string of the molecule is OC12CC3CC(C1)CC(NC/C=C/c1ccccc1)(C3)C2. The molecular formula is C19H25NO. The molecule has 0 aromatic heterocycles. The van der Waals surface area contributed by atoms with Crippen LogP contribution in [0.1, 0.15) is 44.1 Å². The van der Waals surface area contributed by atoms with Crippen LogP contribution in [0.3, 0.4) is 0 Å². The fraction of sp³-hybridized carbons (Fsp3) is 0.579. The maximum Gasteiger partial charge on any atom is 0.0670 e. The first-order valence-corrected chi connectivity index (χ1v) is 8.34. The lowest BCUT2D eigenvalue weighted by Gasteiger charge is -2.60. The van der Waals surface area contributed by atoms with E-state index in [1.165, 1.54) is 24.8 Å². The lowest BCUT2D eigenvalue weighted by molar-refractivity contribution is -0.141. The van der Waals surface area contributed by atoms with E-state index >= 15 is 0 Å². The summed E-state index contributed by atoms with van der Waals surface area (Å²) in [5.41, 5.74) is 1.10. The fourth-order valence-electron chi connectivity index (χ4n) is 5.46. The minimum atomic E-state index is -0.361. The van der Waals surface area contributed by atoms with E-state index in [0.29, 0.717) is 0 Å². The van der Waals surface area contributed by atoms with Crippen LogP contribution in [0.5, 0.6) is 0 Å². The molecule has 0 spiro atoms. The molecule has 0 radical (unpaired) electrons. The van der Waals surface area contributed by atoms with Gasteiger partial charge in [0.05, 0.1) is 5.60 Å². The Labute approximate surface area is 127 Å². The molecule has 0 saturated heterocycles. The maximum absolute atomic E-state index is 10.7. The Morgan fingerprint density at radius 3 is 2.48 bits per heavy atom. The summed E-state index contributed by atoms with van der Waals surface area (Å²) in [5.74, 6) is 1.50. The van der Waals surface area contributed by atoms with E-state index in [-0.39, 0.29) is 11.1 Å². The highest BCUT2D eigenvalue weighted by Gasteiger charge is 2.56. The zero-order valence-corrected chi connectivity index (χ0v) is 12.6. The van der Waals surface area contributed by atoms with Gasteiger partial charge in [-0.1, -0.05) is 42.5 Å². The van der Waals surface area contributed by atoms with Crippen LogP contribution in [0.25, 0.3) is 6.08 Å². The van der Waals surface area contributed by atoms with Crippen LogP contribution in [0.2, 0.25) is 0 Å². The van der Waals surface area contributed by atoms with E-state index in [1.54, 1.807) is 0 Å². The summed E-state index contributed by atoms with van der Waals surface area (Å²) in [7, 11) is 0. The van der Waals surface area contributed by atoms with E-state index in [1.807, 2.05) is 6.07 Å². The van der Waals surface area contributed by atoms with Crippen LogP contribution < -0.4 is 5.32 Å². The minimum Gasteiger partial charge on any atom is -0.390 e. The van der Waals surface area contributed by atoms with Crippen LogP contribution >= 0.6 is 0 Å². The normalized spacial score (nSPS) is 41.0. The molecule has 0 aliphatic heterocycles. The van der Waals surface area contributed by atoms with Crippen LogP contribution in [0, 0.1) is 11.8 Å². The molecule has 5 rings (SSSR count). The first-order chi connectivity index (χ1) is 10.1. The molecule has 0 amide bonds. The average molecular weight is 283 g/mol. The van der Waals surface area contributed by atoms with Crippen LogP contribution in [-0.4, -0.2) is 22.8 Å². The summed E-state index contributed by atoms with van der Waals surface area (Å²) in [6, 6.07) is 10.4. The molecule has 2 N–H and O–H groups in total. The number of rotatable bonds is 4. The molecule has 4 bridgehead atoms.